The highest BCUT2D eigenvalue weighted by molar-refractivity contribution is 7.92. The maximum absolute atomic E-state index is 12.6. The number of nitrogen functional groups attached to an aromatic ring is 1. The Morgan fingerprint density at radius 1 is 1.38 bits per heavy atom. The van der Waals surface area contributed by atoms with Crippen LogP contribution < -0.4 is 10.6 Å². The van der Waals surface area contributed by atoms with Crippen molar-refractivity contribution in [3.63, 3.8) is 0 Å². The van der Waals surface area contributed by atoms with Crippen molar-refractivity contribution >= 4 is 32.2 Å². The van der Waals surface area contributed by atoms with Gasteiger partial charge in [0, 0.05) is 13.1 Å². The van der Waals surface area contributed by atoms with E-state index < -0.39 is 9.84 Å². The van der Waals surface area contributed by atoms with Gasteiger partial charge in [0.2, 0.25) is 0 Å². The van der Waals surface area contributed by atoms with E-state index in [2.05, 4.69) is 23.1 Å². The molecule has 1 saturated carbocycles. The van der Waals surface area contributed by atoms with Gasteiger partial charge in [-0.3, -0.25) is 0 Å². The molecule has 0 aromatic carbocycles. The summed E-state index contributed by atoms with van der Waals surface area (Å²) < 4.78 is 29.3. The standard InChI is InChI=1S/C14H23N3O2S2/c1-3-14(2)6-8-17(9-7-14)13-11(12(15)16-20-13)21(18,19)10-4-5-10/h10H,3-9H2,1-2H3,(H2,15,16). The van der Waals surface area contributed by atoms with Crippen molar-refractivity contribution in [2.75, 3.05) is 23.7 Å². The lowest BCUT2D eigenvalue weighted by atomic mass is 9.78. The molecule has 1 aliphatic heterocycles. The van der Waals surface area contributed by atoms with Crippen LogP contribution in [0.15, 0.2) is 4.90 Å². The number of piperidine rings is 1. The minimum Gasteiger partial charge on any atom is -0.382 e. The number of hydrogen-bond donors (Lipinski definition) is 1. The molecule has 2 heterocycles. The molecule has 0 radical (unpaired) electrons. The summed E-state index contributed by atoms with van der Waals surface area (Å²) in [5, 5.41) is 0.526. The molecule has 1 aromatic rings. The van der Waals surface area contributed by atoms with Crippen LogP contribution in [0.5, 0.6) is 0 Å². The Kier molecular flexibility index (Phi) is 3.68. The largest absolute Gasteiger partial charge is 0.382 e. The van der Waals surface area contributed by atoms with Crippen LogP contribution in [-0.4, -0.2) is 31.1 Å². The number of anilines is 2. The molecule has 5 nitrogen and oxygen atoms in total. The molecule has 1 aliphatic carbocycles. The first-order valence-electron chi connectivity index (χ1n) is 7.61. The summed E-state index contributed by atoms with van der Waals surface area (Å²) >= 11 is 1.23. The Labute approximate surface area is 130 Å². The van der Waals surface area contributed by atoms with Crippen LogP contribution in [0.2, 0.25) is 0 Å². The minimum absolute atomic E-state index is 0.186. The summed E-state index contributed by atoms with van der Waals surface area (Å²) in [6.45, 7) is 6.31. The van der Waals surface area contributed by atoms with Crippen molar-refractivity contribution in [1.29, 1.82) is 0 Å². The molecule has 2 N–H and O–H groups in total. The molecule has 0 bridgehead atoms. The first-order valence-corrected chi connectivity index (χ1v) is 9.93. The normalized spacial score (nSPS) is 22.5. The van der Waals surface area contributed by atoms with Crippen LogP contribution in [0.1, 0.15) is 46.0 Å². The molecule has 21 heavy (non-hydrogen) atoms. The average molecular weight is 329 g/mol. The summed E-state index contributed by atoms with van der Waals surface area (Å²) in [7, 11) is -3.29. The van der Waals surface area contributed by atoms with Crippen molar-refractivity contribution in [3.05, 3.63) is 0 Å². The number of nitrogens with two attached hydrogens (primary N) is 1. The predicted octanol–water partition coefficient (Wildman–Crippen LogP) is 2.68. The second-order valence-electron chi connectivity index (χ2n) is 6.60. The number of sulfone groups is 1. The van der Waals surface area contributed by atoms with Crippen LogP contribution in [0, 0.1) is 5.41 Å². The van der Waals surface area contributed by atoms with Crippen molar-refractivity contribution in [3.8, 4) is 0 Å². The smallest absolute Gasteiger partial charge is 0.187 e. The second-order valence-corrected chi connectivity index (χ2v) is 9.51. The van der Waals surface area contributed by atoms with E-state index in [0.717, 1.165) is 43.8 Å². The van der Waals surface area contributed by atoms with Crippen molar-refractivity contribution < 1.29 is 8.42 Å². The van der Waals surface area contributed by atoms with E-state index in [1.807, 2.05) is 0 Å². The lowest BCUT2D eigenvalue weighted by molar-refractivity contribution is 0.238. The molecule has 0 atom stereocenters. The van der Waals surface area contributed by atoms with Crippen molar-refractivity contribution in [2.24, 2.45) is 5.41 Å². The highest BCUT2D eigenvalue weighted by Crippen LogP contribution is 2.44. The quantitative estimate of drug-likeness (QED) is 0.919. The zero-order valence-corrected chi connectivity index (χ0v) is 14.3. The molecule has 0 amide bonds. The van der Waals surface area contributed by atoms with Gasteiger partial charge in [-0.05, 0) is 42.6 Å². The predicted molar refractivity (Wildman–Crippen MR) is 86.6 cm³/mol. The topological polar surface area (TPSA) is 76.3 Å². The third-order valence-electron chi connectivity index (χ3n) is 5.02. The number of hydrogen-bond acceptors (Lipinski definition) is 6. The van der Waals surface area contributed by atoms with E-state index in [1.54, 1.807) is 0 Å². The van der Waals surface area contributed by atoms with Gasteiger partial charge in [-0.25, -0.2) is 8.42 Å². The van der Waals surface area contributed by atoms with Crippen LogP contribution in [0.4, 0.5) is 10.8 Å². The van der Waals surface area contributed by atoms with Gasteiger partial charge in [-0.2, -0.15) is 4.37 Å². The lowest BCUT2D eigenvalue weighted by Crippen LogP contribution is -2.38. The third-order valence-corrected chi connectivity index (χ3v) is 8.39. The Bertz CT molecular complexity index is 627. The van der Waals surface area contributed by atoms with Crippen molar-refractivity contribution in [1.82, 2.24) is 4.37 Å². The molecule has 3 rings (SSSR count). The fourth-order valence-electron chi connectivity index (χ4n) is 2.90. The summed E-state index contributed by atoms with van der Waals surface area (Å²) in [4.78, 5) is 2.47. The first-order chi connectivity index (χ1) is 9.87. The third kappa shape index (κ3) is 2.65. The van der Waals surface area contributed by atoms with E-state index in [-0.39, 0.29) is 11.1 Å². The molecule has 1 saturated heterocycles. The molecule has 7 heteroatoms. The Balaban J connectivity index is 1.88. The minimum atomic E-state index is -3.29. The summed E-state index contributed by atoms with van der Waals surface area (Å²) in [5.74, 6) is 0.186. The molecule has 1 aromatic heterocycles. The van der Waals surface area contributed by atoms with Crippen LogP contribution in [0.3, 0.4) is 0 Å². The molecule has 118 valence electrons. The maximum Gasteiger partial charge on any atom is 0.187 e. The van der Waals surface area contributed by atoms with Crippen LogP contribution >= 0.6 is 11.5 Å². The van der Waals surface area contributed by atoms with Gasteiger partial charge in [-0.15, -0.1) is 0 Å². The zero-order chi connectivity index (χ0) is 15.3. The molecular weight excluding hydrogens is 306 g/mol. The van der Waals surface area contributed by atoms with E-state index in [9.17, 15) is 8.42 Å². The fourth-order valence-corrected chi connectivity index (χ4v) is 5.98. The molecular formula is C14H23N3O2S2. The van der Waals surface area contributed by atoms with Crippen LogP contribution in [-0.2, 0) is 9.84 Å². The zero-order valence-electron chi connectivity index (χ0n) is 12.6. The van der Waals surface area contributed by atoms with E-state index in [4.69, 9.17) is 5.73 Å². The van der Waals surface area contributed by atoms with Gasteiger partial charge in [0.05, 0.1) is 5.25 Å². The number of nitrogens with zero attached hydrogens (tertiary/aromatic N) is 2. The average Bonchev–Trinajstić information content (AvgIpc) is 3.24. The summed E-state index contributed by atoms with van der Waals surface area (Å²) in [5.41, 5.74) is 6.25. The van der Waals surface area contributed by atoms with Gasteiger partial charge in [-0.1, -0.05) is 20.3 Å². The second kappa shape index (κ2) is 5.12. The van der Waals surface area contributed by atoms with Gasteiger partial charge in [0.25, 0.3) is 0 Å². The Morgan fingerprint density at radius 2 is 2.00 bits per heavy atom. The van der Waals surface area contributed by atoms with E-state index >= 15 is 0 Å². The summed E-state index contributed by atoms with van der Waals surface area (Å²) in [6, 6.07) is 0. The van der Waals surface area contributed by atoms with Gasteiger partial charge < -0.3 is 10.6 Å². The van der Waals surface area contributed by atoms with E-state index in [1.165, 1.54) is 18.0 Å². The van der Waals surface area contributed by atoms with Gasteiger partial charge in [0.1, 0.15) is 9.90 Å². The molecule has 0 spiro atoms. The maximum atomic E-state index is 12.6. The Hall–Kier alpha value is -0.820. The highest BCUT2D eigenvalue weighted by atomic mass is 32.2. The fraction of sp³-hybridized carbons (Fsp3) is 0.786. The first kappa shape index (κ1) is 15.1. The van der Waals surface area contributed by atoms with Crippen molar-refractivity contribution in [2.45, 2.75) is 56.1 Å². The van der Waals surface area contributed by atoms with Gasteiger partial charge >= 0.3 is 0 Å². The number of rotatable bonds is 4. The highest BCUT2D eigenvalue weighted by Gasteiger charge is 2.42. The molecule has 2 aliphatic rings. The van der Waals surface area contributed by atoms with E-state index in [0.29, 0.717) is 10.3 Å². The van der Waals surface area contributed by atoms with Gasteiger partial charge in [0.15, 0.2) is 15.7 Å². The lowest BCUT2D eigenvalue weighted by Gasteiger charge is -2.39. The number of aromatic nitrogens is 1. The molecule has 0 unspecified atom stereocenters. The summed E-state index contributed by atoms with van der Waals surface area (Å²) in [6.07, 6.45) is 4.85. The van der Waals surface area contributed by atoms with Crippen LogP contribution in [0.25, 0.3) is 0 Å². The SMILES string of the molecule is CCC1(C)CCN(c2snc(N)c2S(=O)(=O)C2CC2)CC1. The monoisotopic (exact) mass is 329 g/mol. The molecule has 2 fully saturated rings. The Morgan fingerprint density at radius 3 is 2.52 bits per heavy atom.